The minimum Gasteiger partial charge on any atom is -0.395 e. The summed E-state index contributed by atoms with van der Waals surface area (Å²) in [6.45, 7) is 7.49. The van der Waals surface area contributed by atoms with Gasteiger partial charge in [-0.2, -0.15) is 0 Å². The maximum atomic E-state index is 9.08. The standard InChI is InChI=1S/C15H21NO/c1-4-12-10-16(7-8-17)15-6-5-13(11(2)3)9-14(12)15/h5-6,9-11,17H,4,7-8H2,1-3H3. The number of fused-ring (bicyclic) bond motifs is 1. The molecular weight excluding hydrogens is 210 g/mol. The molecule has 0 amide bonds. The number of aliphatic hydroxyl groups is 1. The molecule has 2 aromatic rings. The molecule has 2 heteroatoms. The van der Waals surface area contributed by atoms with Gasteiger partial charge in [-0.15, -0.1) is 0 Å². The number of aryl methyl sites for hydroxylation is 1. The zero-order valence-corrected chi connectivity index (χ0v) is 10.9. The molecule has 1 aromatic heterocycles. The Bertz CT molecular complexity index is 511. The topological polar surface area (TPSA) is 25.2 Å². The van der Waals surface area contributed by atoms with Gasteiger partial charge in [0, 0.05) is 23.6 Å². The summed E-state index contributed by atoms with van der Waals surface area (Å²) in [4.78, 5) is 0. The molecule has 0 saturated carbocycles. The van der Waals surface area contributed by atoms with Crippen molar-refractivity contribution in [2.75, 3.05) is 6.61 Å². The Labute approximate surface area is 103 Å². The summed E-state index contributed by atoms with van der Waals surface area (Å²) >= 11 is 0. The summed E-state index contributed by atoms with van der Waals surface area (Å²) in [5.41, 5.74) is 3.99. The summed E-state index contributed by atoms with van der Waals surface area (Å²) in [6, 6.07) is 6.67. The van der Waals surface area contributed by atoms with E-state index in [0.29, 0.717) is 12.5 Å². The Hall–Kier alpha value is -1.28. The van der Waals surface area contributed by atoms with Crippen LogP contribution in [0.5, 0.6) is 0 Å². The lowest BCUT2D eigenvalue weighted by atomic mass is 10.00. The van der Waals surface area contributed by atoms with Gasteiger partial charge in [0.15, 0.2) is 0 Å². The highest BCUT2D eigenvalue weighted by Crippen LogP contribution is 2.26. The van der Waals surface area contributed by atoms with E-state index in [-0.39, 0.29) is 6.61 Å². The van der Waals surface area contributed by atoms with E-state index in [1.165, 1.54) is 22.0 Å². The molecule has 0 saturated heterocycles. The van der Waals surface area contributed by atoms with Crippen molar-refractivity contribution in [2.45, 2.75) is 39.7 Å². The molecule has 17 heavy (non-hydrogen) atoms. The monoisotopic (exact) mass is 231 g/mol. The first-order valence-electron chi connectivity index (χ1n) is 6.40. The van der Waals surface area contributed by atoms with E-state index < -0.39 is 0 Å². The third kappa shape index (κ3) is 2.22. The Morgan fingerprint density at radius 1 is 1.29 bits per heavy atom. The van der Waals surface area contributed by atoms with Crippen molar-refractivity contribution in [2.24, 2.45) is 0 Å². The Morgan fingerprint density at radius 2 is 2.06 bits per heavy atom. The number of aromatic nitrogens is 1. The van der Waals surface area contributed by atoms with Crippen LogP contribution in [-0.2, 0) is 13.0 Å². The highest BCUT2D eigenvalue weighted by molar-refractivity contribution is 5.84. The van der Waals surface area contributed by atoms with Crippen LogP contribution in [0.1, 0.15) is 37.8 Å². The van der Waals surface area contributed by atoms with Gasteiger partial charge in [-0.1, -0.05) is 26.8 Å². The van der Waals surface area contributed by atoms with Crippen LogP contribution >= 0.6 is 0 Å². The summed E-state index contributed by atoms with van der Waals surface area (Å²) in [5, 5.41) is 10.4. The van der Waals surface area contributed by atoms with E-state index in [1.807, 2.05) is 0 Å². The SMILES string of the molecule is CCc1cn(CCO)c2ccc(C(C)C)cc12. The second kappa shape index (κ2) is 4.92. The molecule has 2 rings (SSSR count). The molecule has 0 unspecified atom stereocenters. The Kier molecular flexibility index (Phi) is 3.53. The van der Waals surface area contributed by atoms with E-state index in [1.54, 1.807) is 0 Å². The molecule has 0 radical (unpaired) electrons. The summed E-state index contributed by atoms with van der Waals surface area (Å²) < 4.78 is 2.15. The minimum absolute atomic E-state index is 0.193. The van der Waals surface area contributed by atoms with Crippen LogP contribution in [0, 0.1) is 0 Å². The van der Waals surface area contributed by atoms with Crippen LogP contribution < -0.4 is 0 Å². The zero-order valence-electron chi connectivity index (χ0n) is 10.9. The molecule has 2 nitrogen and oxygen atoms in total. The van der Waals surface area contributed by atoms with Gasteiger partial charge in [0.2, 0.25) is 0 Å². The van der Waals surface area contributed by atoms with E-state index in [0.717, 1.165) is 6.42 Å². The first-order chi connectivity index (χ1) is 8.17. The molecule has 92 valence electrons. The molecule has 0 aliphatic rings. The number of hydrogen-bond donors (Lipinski definition) is 1. The van der Waals surface area contributed by atoms with Crippen molar-refractivity contribution in [1.82, 2.24) is 4.57 Å². The van der Waals surface area contributed by atoms with Crippen LogP contribution in [0.25, 0.3) is 10.9 Å². The zero-order chi connectivity index (χ0) is 12.4. The van der Waals surface area contributed by atoms with Crippen LogP contribution in [-0.4, -0.2) is 16.3 Å². The number of benzene rings is 1. The predicted molar refractivity (Wildman–Crippen MR) is 72.5 cm³/mol. The summed E-state index contributed by atoms with van der Waals surface area (Å²) in [5.74, 6) is 0.560. The van der Waals surface area contributed by atoms with Gasteiger partial charge in [-0.25, -0.2) is 0 Å². The van der Waals surface area contributed by atoms with Crippen molar-refractivity contribution in [3.05, 3.63) is 35.5 Å². The van der Waals surface area contributed by atoms with Gasteiger partial charge >= 0.3 is 0 Å². The number of nitrogens with zero attached hydrogens (tertiary/aromatic N) is 1. The van der Waals surface area contributed by atoms with Crippen molar-refractivity contribution in [3.63, 3.8) is 0 Å². The highest BCUT2D eigenvalue weighted by atomic mass is 16.3. The first kappa shape index (κ1) is 12.2. The van der Waals surface area contributed by atoms with E-state index in [2.05, 4.69) is 49.7 Å². The average Bonchev–Trinajstić information content (AvgIpc) is 2.67. The fourth-order valence-electron chi connectivity index (χ4n) is 2.32. The maximum Gasteiger partial charge on any atom is 0.0610 e. The van der Waals surface area contributed by atoms with Crippen LogP contribution in [0.2, 0.25) is 0 Å². The molecule has 1 aromatic carbocycles. The lowest BCUT2D eigenvalue weighted by Crippen LogP contribution is -1.99. The van der Waals surface area contributed by atoms with Crippen molar-refractivity contribution in [3.8, 4) is 0 Å². The van der Waals surface area contributed by atoms with Gasteiger partial charge in [-0.3, -0.25) is 0 Å². The molecule has 1 N–H and O–H groups in total. The van der Waals surface area contributed by atoms with Crippen LogP contribution in [0.4, 0.5) is 0 Å². The average molecular weight is 231 g/mol. The van der Waals surface area contributed by atoms with E-state index >= 15 is 0 Å². The lowest BCUT2D eigenvalue weighted by molar-refractivity contribution is 0.278. The third-order valence-electron chi connectivity index (χ3n) is 3.38. The number of rotatable bonds is 4. The molecule has 0 aliphatic carbocycles. The molecule has 0 atom stereocenters. The Morgan fingerprint density at radius 3 is 2.65 bits per heavy atom. The lowest BCUT2D eigenvalue weighted by Gasteiger charge is -2.07. The van der Waals surface area contributed by atoms with Gasteiger partial charge in [-0.05, 0) is 35.6 Å². The van der Waals surface area contributed by atoms with Gasteiger partial charge in [0.25, 0.3) is 0 Å². The molecule has 0 fully saturated rings. The molecule has 0 aliphatic heterocycles. The molecule has 0 spiro atoms. The van der Waals surface area contributed by atoms with E-state index in [4.69, 9.17) is 5.11 Å². The fraction of sp³-hybridized carbons (Fsp3) is 0.467. The molecule has 1 heterocycles. The Balaban J connectivity index is 2.59. The van der Waals surface area contributed by atoms with Crippen molar-refractivity contribution >= 4 is 10.9 Å². The minimum atomic E-state index is 0.193. The second-order valence-electron chi connectivity index (χ2n) is 4.86. The van der Waals surface area contributed by atoms with Gasteiger partial charge in [0.1, 0.15) is 0 Å². The van der Waals surface area contributed by atoms with Gasteiger partial charge in [0.05, 0.1) is 6.61 Å². The van der Waals surface area contributed by atoms with E-state index in [9.17, 15) is 0 Å². The molecule has 0 bridgehead atoms. The number of aliphatic hydroxyl groups excluding tert-OH is 1. The fourth-order valence-corrected chi connectivity index (χ4v) is 2.32. The smallest absolute Gasteiger partial charge is 0.0610 e. The third-order valence-corrected chi connectivity index (χ3v) is 3.38. The molecular formula is C15H21NO. The summed E-state index contributed by atoms with van der Waals surface area (Å²) in [7, 11) is 0. The quantitative estimate of drug-likeness (QED) is 0.858. The van der Waals surface area contributed by atoms with Crippen LogP contribution in [0.3, 0.4) is 0 Å². The van der Waals surface area contributed by atoms with Crippen LogP contribution in [0.15, 0.2) is 24.4 Å². The number of hydrogen-bond acceptors (Lipinski definition) is 1. The van der Waals surface area contributed by atoms with Crippen molar-refractivity contribution < 1.29 is 5.11 Å². The van der Waals surface area contributed by atoms with Gasteiger partial charge < -0.3 is 9.67 Å². The predicted octanol–water partition coefficient (Wildman–Crippen LogP) is 3.32. The summed E-state index contributed by atoms with van der Waals surface area (Å²) in [6.07, 6.45) is 3.21. The maximum absolute atomic E-state index is 9.08. The second-order valence-corrected chi connectivity index (χ2v) is 4.86. The largest absolute Gasteiger partial charge is 0.395 e. The highest BCUT2D eigenvalue weighted by Gasteiger charge is 2.09. The first-order valence-corrected chi connectivity index (χ1v) is 6.40. The van der Waals surface area contributed by atoms with Crippen molar-refractivity contribution in [1.29, 1.82) is 0 Å². The normalized spacial score (nSPS) is 11.6.